The number of hydrogen-bond donors (Lipinski definition) is 2. The molecule has 2 aromatic rings. The first-order chi connectivity index (χ1) is 11.8. The average Bonchev–Trinajstić information content (AvgIpc) is 3.43. The molecule has 1 aromatic heterocycles. The highest BCUT2D eigenvalue weighted by Gasteiger charge is 2.23. The molecule has 1 aliphatic rings. The van der Waals surface area contributed by atoms with Crippen LogP contribution in [-0.4, -0.2) is 24.7 Å². The van der Waals surface area contributed by atoms with E-state index in [1.165, 1.54) is 29.5 Å². The van der Waals surface area contributed by atoms with Crippen LogP contribution in [0.1, 0.15) is 43.4 Å². The van der Waals surface area contributed by atoms with Crippen LogP contribution in [0.2, 0.25) is 0 Å². The first-order valence-electron chi connectivity index (χ1n) is 8.84. The standard InChI is InChI=1S/C20H27N3O/c1-15(23-19-10-11-19)18-13-17(9-6-12-22-24-2)20(21-14-18)16-7-4-3-5-8-16/h3-5,7-8,13-15,19,22-23H,6,9-12H2,1-2H3/t15-/m1/s1. The molecule has 1 heterocycles. The van der Waals surface area contributed by atoms with E-state index in [0.717, 1.165) is 25.1 Å². The average molecular weight is 325 g/mol. The Labute approximate surface area is 144 Å². The van der Waals surface area contributed by atoms with Crippen LogP contribution in [0.15, 0.2) is 42.6 Å². The van der Waals surface area contributed by atoms with Gasteiger partial charge in [0.1, 0.15) is 0 Å². The summed E-state index contributed by atoms with van der Waals surface area (Å²) < 4.78 is 0. The minimum Gasteiger partial charge on any atom is -0.307 e. The number of nitrogens with zero attached hydrogens (tertiary/aromatic N) is 1. The second kappa shape index (κ2) is 8.38. The predicted molar refractivity (Wildman–Crippen MR) is 97.6 cm³/mol. The highest BCUT2D eigenvalue weighted by Crippen LogP contribution is 2.27. The van der Waals surface area contributed by atoms with E-state index in [4.69, 9.17) is 9.82 Å². The Balaban J connectivity index is 1.80. The zero-order valence-corrected chi connectivity index (χ0v) is 14.6. The molecule has 3 rings (SSSR count). The van der Waals surface area contributed by atoms with E-state index >= 15 is 0 Å². The minimum absolute atomic E-state index is 0.352. The van der Waals surface area contributed by atoms with Crippen LogP contribution in [0.5, 0.6) is 0 Å². The maximum Gasteiger partial charge on any atom is 0.0734 e. The van der Waals surface area contributed by atoms with Crippen molar-refractivity contribution in [2.45, 2.75) is 44.7 Å². The van der Waals surface area contributed by atoms with Crippen LogP contribution in [0.3, 0.4) is 0 Å². The number of hydroxylamine groups is 1. The van der Waals surface area contributed by atoms with Crippen molar-refractivity contribution < 1.29 is 4.84 Å². The second-order valence-electron chi connectivity index (χ2n) is 6.51. The van der Waals surface area contributed by atoms with Gasteiger partial charge in [-0.25, -0.2) is 5.48 Å². The molecule has 24 heavy (non-hydrogen) atoms. The van der Waals surface area contributed by atoms with Crippen LogP contribution < -0.4 is 10.8 Å². The van der Waals surface area contributed by atoms with E-state index < -0.39 is 0 Å². The Morgan fingerprint density at radius 2 is 2.04 bits per heavy atom. The van der Waals surface area contributed by atoms with Crippen LogP contribution in [0, 0.1) is 0 Å². The molecule has 128 valence electrons. The lowest BCUT2D eigenvalue weighted by atomic mass is 9.98. The van der Waals surface area contributed by atoms with Gasteiger partial charge < -0.3 is 10.2 Å². The molecule has 0 spiro atoms. The lowest BCUT2D eigenvalue weighted by Crippen LogP contribution is -2.21. The Hall–Kier alpha value is -1.75. The van der Waals surface area contributed by atoms with Crippen molar-refractivity contribution in [3.63, 3.8) is 0 Å². The van der Waals surface area contributed by atoms with E-state index in [1.807, 2.05) is 12.3 Å². The van der Waals surface area contributed by atoms with Gasteiger partial charge in [0.05, 0.1) is 12.8 Å². The number of pyridine rings is 1. The van der Waals surface area contributed by atoms with Crippen LogP contribution in [0.25, 0.3) is 11.3 Å². The lowest BCUT2D eigenvalue weighted by Gasteiger charge is -2.17. The molecule has 0 amide bonds. The van der Waals surface area contributed by atoms with E-state index in [1.54, 1.807) is 7.11 Å². The van der Waals surface area contributed by atoms with Gasteiger partial charge in [0.15, 0.2) is 0 Å². The van der Waals surface area contributed by atoms with Crippen LogP contribution >= 0.6 is 0 Å². The van der Waals surface area contributed by atoms with Gasteiger partial charge in [-0.1, -0.05) is 36.4 Å². The maximum absolute atomic E-state index is 4.93. The van der Waals surface area contributed by atoms with Gasteiger partial charge in [-0.05, 0) is 43.7 Å². The SMILES string of the molecule is CONCCCc1cc([C@@H](C)NC2CC2)cnc1-c1ccccc1. The Kier molecular flexibility index (Phi) is 5.96. The molecular weight excluding hydrogens is 298 g/mol. The van der Waals surface area contributed by atoms with Gasteiger partial charge in [-0.2, -0.15) is 0 Å². The molecule has 4 heteroatoms. The van der Waals surface area contributed by atoms with E-state index in [2.05, 4.69) is 48.1 Å². The molecule has 1 aromatic carbocycles. The second-order valence-corrected chi connectivity index (χ2v) is 6.51. The fourth-order valence-corrected chi connectivity index (χ4v) is 2.96. The molecule has 1 aliphatic carbocycles. The zero-order chi connectivity index (χ0) is 16.8. The molecular formula is C20H27N3O. The Morgan fingerprint density at radius 3 is 2.75 bits per heavy atom. The number of hydrogen-bond acceptors (Lipinski definition) is 4. The Bertz CT molecular complexity index is 641. The van der Waals surface area contributed by atoms with Crippen LogP contribution in [-0.2, 0) is 11.3 Å². The van der Waals surface area contributed by atoms with Crippen molar-refractivity contribution in [2.24, 2.45) is 0 Å². The summed E-state index contributed by atoms with van der Waals surface area (Å²) in [6, 6.07) is 13.8. The van der Waals surface area contributed by atoms with Crippen molar-refractivity contribution in [3.8, 4) is 11.3 Å². The molecule has 0 unspecified atom stereocenters. The van der Waals surface area contributed by atoms with Crippen molar-refractivity contribution in [3.05, 3.63) is 53.7 Å². The normalized spacial score (nSPS) is 15.4. The van der Waals surface area contributed by atoms with Crippen molar-refractivity contribution >= 4 is 0 Å². The van der Waals surface area contributed by atoms with Gasteiger partial charge >= 0.3 is 0 Å². The summed E-state index contributed by atoms with van der Waals surface area (Å²) in [4.78, 5) is 9.74. The van der Waals surface area contributed by atoms with Crippen molar-refractivity contribution in [2.75, 3.05) is 13.7 Å². The molecule has 4 nitrogen and oxygen atoms in total. The Morgan fingerprint density at radius 1 is 1.25 bits per heavy atom. The van der Waals surface area contributed by atoms with Crippen LogP contribution in [0.4, 0.5) is 0 Å². The first-order valence-corrected chi connectivity index (χ1v) is 8.84. The van der Waals surface area contributed by atoms with Gasteiger partial charge in [-0.3, -0.25) is 4.98 Å². The van der Waals surface area contributed by atoms with Crippen molar-refractivity contribution in [1.29, 1.82) is 0 Å². The fraction of sp³-hybridized carbons (Fsp3) is 0.450. The summed E-state index contributed by atoms with van der Waals surface area (Å²) in [5.41, 5.74) is 7.77. The van der Waals surface area contributed by atoms with Gasteiger partial charge in [0.2, 0.25) is 0 Å². The predicted octanol–water partition coefficient (Wildman–Crippen LogP) is 3.65. The van der Waals surface area contributed by atoms with Crippen molar-refractivity contribution in [1.82, 2.24) is 15.8 Å². The number of aryl methyl sites for hydroxylation is 1. The topological polar surface area (TPSA) is 46.2 Å². The molecule has 0 saturated heterocycles. The molecule has 0 radical (unpaired) electrons. The summed E-state index contributed by atoms with van der Waals surface area (Å²) in [7, 11) is 1.66. The summed E-state index contributed by atoms with van der Waals surface area (Å²) in [6.07, 6.45) is 6.63. The molecule has 2 N–H and O–H groups in total. The monoisotopic (exact) mass is 325 g/mol. The zero-order valence-electron chi connectivity index (χ0n) is 14.6. The van der Waals surface area contributed by atoms with E-state index in [0.29, 0.717) is 12.1 Å². The third-order valence-corrected chi connectivity index (χ3v) is 4.47. The molecule has 1 atom stereocenters. The number of nitrogens with one attached hydrogen (secondary N) is 2. The third-order valence-electron chi connectivity index (χ3n) is 4.47. The smallest absolute Gasteiger partial charge is 0.0734 e. The largest absolute Gasteiger partial charge is 0.307 e. The quantitative estimate of drug-likeness (QED) is 0.546. The molecule has 1 fully saturated rings. The summed E-state index contributed by atoms with van der Waals surface area (Å²) >= 11 is 0. The third kappa shape index (κ3) is 4.63. The molecule has 0 bridgehead atoms. The first kappa shape index (κ1) is 17.1. The highest BCUT2D eigenvalue weighted by atomic mass is 16.6. The number of rotatable bonds is 9. The molecule has 1 saturated carbocycles. The summed E-state index contributed by atoms with van der Waals surface area (Å²) in [5, 5.41) is 3.66. The van der Waals surface area contributed by atoms with E-state index in [-0.39, 0.29) is 0 Å². The van der Waals surface area contributed by atoms with Gasteiger partial charge in [0.25, 0.3) is 0 Å². The van der Waals surface area contributed by atoms with Gasteiger partial charge in [-0.15, -0.1) is 0 Å². The lowest BCUT2D eigenvalue weighted by molar-refractivity contribution is 0.0911. The number of aromatic nitrogens is 1. The maximum atomic E-state index is 4.93. The highest BCUT2D eigenvalue weighted by molar-refractivity contribution is 5.63. The molecule has 0 aliphatic heterocycles. The summed E-state index contributed by atoms with van der Waals surface area (Å²) in [6.45, 7) is 3.07. The van der Waals surface area contributed by atoms with E-state index in [9.17, 15) is 0 Å². The minimum atomic E-state index is 0.352. The number of benzene rings is 1. The fourth-order valence-electron chi connectivity index (χ4n) is 2.96. The summed E-state index contributed by atoms with van der Waals surface area (Å²) in [5.74, 6) is 0. The van der Waals surface area contributed by atoms with Gasteiger partial charge in [0, 0.05) is 30.4 Å².